The molecule has 4 aromatic rings. The molecule has 2 heterocycles. The Hall–Kier alpha value is -4.01. The number of nitrogens with one attached hydrogen (secondary N) is 4. The predicted octanol–water partition coefficient (Wildman–Crippen LogP) is 4.58. The van der Waals surface area contributed by atoms with E-state index in [4.69, 9.17) is 14.5 Å². The molecule has 45 heavy (non-hydrogen) atoms. The second-order valence-corrected chi connectivity index (χ2v) is 11.9. The Bertz CT molecular complexity index is 1660. The van der Waals surface area contributed by atoms with E-state index in [0.717, 1.165) is 31.7 Å². The zero-order chi connectivity index (χ0) is 31.8. The number of nitrogens with zero attached hydrogens (tertiary/aromatic N) is 3. The molecular weight excluding hydrogens is 611 g/mol. The van der Waals surface area contributed by atoms with E-state index in [1.165, 1.54) is 18.5 Å². The van der Waals surface area contributed by atoms with E-state index in [2.05, 4.69) is 40.6 Å². The molecular formula is C29H34F2N7O6P. The molecule has 0 spiro atoms. The minimum absolute atomic E-state index is 0.0815. The van der Waals surface area contributed by atoms with E-state index in [1.54, 1.807) is 12.1 Å². The fraction of sp³-hybridized carbons (Fsp3) is 0.379. The number of anilines is 3. The van der Waals surface area contributed by atoms with E-state index in [9.17, 15) is 18.1 Å². The van der Waals surface area contributed by atoms with Gasteiger partial charge in [0.1, 0.15) is 17.9 Å². The van der Waals surface area contributed by atoms with Gasteiger partial charge < -0.3 is 30.5 Å². The van der Waals surface area contributed by atoms with Crippen molar-refractivity contribution in [3.8, 4) is 5.75 Å². The van der Waals surface area contributed by atoms with Crippen LogP contribution in [0, 0.1) is 17.6 Å². The van der Waals surface area contributed by atoms with Crippen LogP contribution in [0.1, 0.15) is 37.8 Å². The number of rotatable bonds is 15. The van der Waals surface area contributed by atoms with Gasteiger partial charge in [0.25, 0.3) is 0 Å². The van der Waals surface area contributed by atoms with Crippen molar-refractivity contribution in [2.45, 2.75) is 44.6 Å². The van der Waals surface area contributed by atoms with Gasteiger partial charge in [-0.1, -0.05) is 18.9 Å². The number of aromatic nitrogens is 4. The van der Waals surface area contributed by atoms with Crippen LogP contribution in [0.2, 0.25) is 0 Å². The molecule has 2 aromatic carbocycles. The van der Waals surface area contributed by atoms with Crippen molar-refractivity contribution in [2.75, 3.05) is 30.4 Å². The number of phosphoric acid groups is 1. The van der Waals surface area contributed by atoms with Crippen LogP contribution in [-0.4, -0.2) is 61.7 Å². The number of fused-ring (bicyclic) bond motifs is 1. The van der Waals surface area contributed by atoms with E-state index >= 15 is 0 Å². The van der Waals surface area contributed by atoms with Crippen molar-refractivity contribution >= 4 is 42.0 Å². The number of carbonyl (C=O) groups excluding carboxylic acids is 1. The molecule has 5 rings (SSSR count). The first-order valence-electron chi connectivity index (χ1n) is 14.5. The average Bonchev–Trinajstić information content (AvgIpc) is 3.69. The van der Waals surface area contributed by atoms with Gasteiger partial charge in [-0.15, -0.1) is 0 Å². The first kappa shape index (κ1) is 32.4. The lowest BCUT2D eigenvalue weighted by atomic mass is 9.95. The molecule has 240 valence electrons. The second kappa shape index (κ2) is 14.8. The highest BCUT2D eigenvalue weighted by Crippen LogP contribution is 2.35. The number of hydrogen-bond acceptors (Lipinski definition) is 9. The average molecular weight is 646 g/mol. The number of carbonyl (C=O) groups is 1. The quantitative estimate of drug-likeness (QED) is 0.0786. The Kier molecular flexibility index (Phi) is 10.7. The van der Waals surface area contributed by atoms with Crippen molar-refractivity contribution < 1.29 is 37.2 Å². The molecule has 0 aliphatic heterocycles. The summed E-state index contributed by atoms with van der Waals surface area (Å²) in [5, 5.41) is 16.5. The Morgan fingerprint density at radius 3 is 2.73 bits per heavy atom. The molecule has 1 fully saturated rings. The largest absolute Gasteiger partial charge is 0.493 e. The molecule has 1 saturated carbocycles. The summed E-state index contributed by atoms with van der Waals surface area (Å²) in [6.45, 7) is 0.682. The van der Waals surface area contributed by atoms with Crippen LogP contribution < -0.4 is 20.7 Å². The van der Waals surface area contributed by atoms with Gasteiger partial charge in [-0.3, -0.25) is 14.4 Å². The number of hydrogen-bond donors (Lipinski definition) is 6. The molecule has 6 N–H and O–H groups in total. The molecule has 1 aliphatic carbocycles. The van der Waals surface area contributed by atoms with Crippen molar-refractivity contribution in [3.63, 3.8) is 0 Å². The number of aromatic amines is 1. The summed E-state index contributed by atoms with van der Waals surface area (Å²) in [5.41, 5.74) is 0.836. The molecule has 1 amide bonds. The number of halogens is 2. The third kappa shape index (κ3) is 9.25. The molecule has 1 atom stereocenters. The van der Waals surface area contributed by atoms with E-state index in [-0.39, 0.29) is 24.8 Å². The summed E-state index contributed by atoms with van der Waals surface area (Å²) in [6.07, 6.45) is 6.49. The summed E-state index contributed by atoms with van der Waals surface area (Å²) in [4.78, 5) is 38.8. The van der Waals surface area contributed by atoms with Gasteiger partial charge >= 0.3 is 7.82 Å². The summed E-state index contributed by atoms with van der Waals surface area (Å²) in [6, 6.07) is 10.7. The van der Waals surface area contributed by atoms with Crippen LogP contribution in [-0.2, 0) is 20.3 Å². The summed E-state index contributed by atoms with van der Waals surface area (Å²) < 4.78 is 48.8. The highest BCUT2D eigenvalue weighted by molar-refractivity contribution is 7.46. The van der Waals surface area contributed by atoms with Gasteiger partial charge in [-0.05, 0) is 49.4 Å². The maximum atomic E-state index is 13.9. The normalized spacial score (nSPS) is 14.5. The fourth-order valence-corrected chi connectivity index (χ4v) is 5.74. The lowest BCUT2D eigenvalue weighted by Gasteiger charge is -2.25. The molecule has 1 aliphatic rings. The number of amides is 1. The predicted molar refractivity (Wildman–Crippen MR) is 162 cm³/mol. The topological polar surface area (TPSA) is 184 Å². The molecule has 2 aromatic heterocycles. The molecule has 0 saturated heterocycles. The maximum Gasteiger partial charge on any atom is 0.469 e. The zero-order valence-electron chi connectivity index (χ0n) is 24.2. The zero-order valence-corrected chi connectivity index (χ0v) is 25.1. The first-order valence-corrected chi connectivity index (χ1v) is 16.0. The van der Waals surface area contributed by atoms with Crippen LogP contribution in [0.4, 0.5) is 26.1 Å². The number of phosphoric ester groups is 1. The SMILES string of the molecule is O=C(Cc1cc(Nc2ncnc3cc(OCCC(NCCOP(=O)(O)O)C4CCCC4)ccc23)n[nH]1)Nc1cccc(F)c1F. The fourth-order valence-electron chi connectivity index (χ4n) is 5.41. The summed E-state index contributed by atoms with van der Waals surface area (Å²) in [5.74, 6) is -0.750. The van der Waals surface area contributed by atoms with Crippen LogP contribution in [0.25, 0.3) is 10.9 Å². The molecule has 13 nitrogen and oxygen atoms in total. The Labute approximate surface area is 257 Å². The van der Waals surface area contributed by atoms with Crippen molar-refractivity contribution in [3.05, 3.63) is 66.1 Å². The molecule has 16 heteroatoms. The summed E-state index contributed by atoms with van der Waals surface area (Å²) in [7, 11) is -4.49. The van der Waals surface area contributed by atoms with Gasteiger partial charge in [0.2, 0.25) is 5.91 Å². The van der Waals surface area contributed by atoms with Crippen LogP contribution >= 0.6 is 7.82 Å². The van der Waals surface area contributed by atoms with Crippen LogP contribution in [0.15, 0.2) is 48.8 Å². The van der Waals surface area contributed by atoms with Crippen molar-refractivity contribution in [2.24, 2.45) is 5.92 Å². The third-order valence-electron chi connectivity index (χ3n) is 7.50. The second-order valence-electron chi connectivity index (χ2n) is 10.7. The van der Waals surface area contributed by atoms with Gasteiger partial charge in [0.05, 0.1) is 30.8 Å². The first-order chi connectivity index (χ1) is 21.6. The highest BCUT2D eigenvalue weighted by Gasteiger charge is 2.25. The van der Waals surface area contributed by atoms with Crippen LogP contribution in [0.5, 0.6) is 5.75 Å². The molecule has 0 bridgehead atoms. The standard InChI is InChI=1S/C29H34F2N7O6P/c30-22-6-3-7-24(28(22)31)35-27(39)15-19-14-26(38-37-19)36-29-21-9-8-20(16-25(21)33-17-34-29)43-12-10-23(18-4-1-2-5-18)32-11-13-44-45(40,41)42/h3,6-9,14,16-18,23,32H,1-2,4-5,10-13,15H2,(H,35,39)(H2,40,41,42)(H2,33,34,36,37,38). The molecule has 0 radical (unpaired) electrons. The van der Waals surface area contributed by atoms with Gasteiger partial charge in [-0.25, -0.2) is 23.3 Å². The van der Waals surface area contributed by atoms with Gasteiger partial charge in [0.15, 0.2) is 17.5 Å². The van der Waals surface area contributed by atoms with E-state index < -0.39 is 25.4 Å². The summed E-state index contributed by atoms with van der Waals surface area (Å²) >= 11 is 0. The lowest BCUT2D eigenvalue weighted by Crippen LogP contribution is -2.38. The minimum Gasteiger partial charge on any atom is -0.493 e. The molecule has 1 unspecified atom stereocenters. The van der Waals surface area contributed by atoms with E-state index in [0.29, 0.717) is 59.5 Å². The van der Waals surface area contributed by atoms with E-state index in [1.807, 2.05) is 12.1 Å². The van der Waals surface area contributed by atoms with Crippen molar-refractivity contribution in [1.29, 1.82) is 0 Å². The van der Waals surface area contributed by atoms with Gasteiger partial charge in [-0.2, -0.15) is 5.10 Å². The third-order valence-corrected chi connectivity index (χ3v) is 8.02. The Balaban J connectivity index is 1.15. The number of benzene rings is 2. The van der Waals surface area contributed by atoms with Crippen molar-refractivity contribution in [1.82, 2.24) is 25.5 Å². The number of ether oxygens (including phenoxy) is 1. The minimum atomic E-state index is -4.49. The Morgan fingerprint density at radius 1 is 1.11 bits per heavy atom. The number of H-pyrrole nitrogens is 1. The van der Waals surface area contributed by atoms with Crippen LogP contribution in [0.3, 0.4) is 0 Å². The Morgan fingerprint density at radius 2 is 1.93 bits per heavy atom. The van der Waals surface area contributed by atoms with Gasteiger partial charge in [0, 0.05) is 35.8 Å². The maximum absolute atomic E-state index is 13.9. The monoisotopic (exact) mass is 645 g/mol. The smallest absolute Gasteiger partial charge is 0.469 e. The lowest BCUT2D eigenvalue weighted by molar-refractivity contribution is -0.115. The highest BCUT2D eigenvalue weighted by atomic mass is 31.2.